The molecule has 4 heteroatoms. The molecule has 0 aliphatic carbocycles. The summed E-state index contributed by atoms with van der Waals surface area (Å²) in [6.45, 7) is 6.41. The van der Waals surface area contributed by atoms with Crippen LogP contribution in [0.15, 0.2) is 11.4 Å². The van der Waals surface area contributed by atoms with Crippen LogP contribution in [0.25, 0.3) is 0 Å². The molecule has 0 fully saturated rings. The molecule has 0 saturated heterocycles. The van der Waals surface area contributed by atoms with Gasteiger partial charge in [0.2, 0.25) is 0 Å². The van der Waals surface area contributed by atoms with Gasteiger partial charge in [0.05, 0.1) is 0 Å². The SMILES string of the molecule is CCC(C)CSc1ncnc(N)c1C. The Balaban J connectivity index is 2.63. The lowest BCUT2D eigenvalue weighted by atomic mass is 10.2. The van der Waals surface area contributed by atoms with Crippen LogP contribution in [0.1, 0.15) is 25.8 Å². The number of thioether (sulfide) groups is 1. The van der Waals surface area contributed by atoms with Gasteiger partial charge in [-0.15, -0.1) is 11.8 Å². The summed E-state index contributed by atoms with van der Waals surface area (Å²) < 4.78 is 0. The maximum Gasteiger partial charge on any atom is 0.130 e. The van der Waals surface area contributed by atoms with E-state index in [0.717, 1.165) is 22.3 Å². The first kappa shape index (κ1) is 11.3. The van der Waals surface area contributed by atoms with Gasteiger partial charge in [-0.2, -0.15) is 0 Å². The van der Waals surface area contributed by atoms with E-state index in [0.29, 0.717) is 5.82 Å². The Morgan fingerprint density at radius 3 is 2.86 bits per heavy atom. The lowest BCUT2D eigenvalue weighted by Gasteiger charge is -2.09. The molecule has 1 rings (SSSR count). The highest BCUT2D eigenvalue weighted by atomic mass is 32.2. The molecule has 14 heavy (non-hydrogen) atoms. The van der Waals surface area contributed by atoms with Crippen LogP contribution in [0.4, 0.5) is 5.82 Å². The molecule has 1 aromatic rings. The van der Waals surface area contributed by atoms with Gasteiger partial charge in [0.25, 0.3) is 0 Å². The van der Waals surface area contributed by atoms with Gasteiger partial charge < -0.3 is 5.73 Å². The Bertz CT molecular complexity index is 301. The highest BCUT2D eigenvalue weighted by Crippen LogP contribution is 2.24. The van der Waals surface area contributed by atoms with Crippen molar-refractivity contribution in [2.45, 2.75) is 32.2 Å². The number of anilines is 1. The summed E-state index contributed by atoms with van der Waals surface area (Å²) in [6.07, 6.45) is 2.73. The second-order valence-corrected chi connectivity index (χ2v) is 4.52. The first-order valence-electron chi connectivity index (χ1n) is 4.85. The molecule has 0 saturated carbocycles. The molecule has 78 valence electrons. The van der Waals surface area contributed by atoms with E-state index in [1.807, 2.05) is 6.92 Å². The van der Waals surface area contributed by atoms with Crippen molar-refractivity contribution in [3.05, 3.63) is 11.9 Å². The molecule has 0 amide bonds. The summed E-state index contributed by atoms with van der Waals surface area (Å²) in [5, 5.41) is 1.01. The van der Waals surface area contributed by atoms with Crippen LogP contribution in [0.5, 0.6) is 0 Å². The van der Waals surface area contributed by atoms with Crippen molar-refractivity contribution in [1.29, 1.82) is 0 Å². The fourth-order valence-electron chi connectivity index (χ4n) is 0.931. The van der Waals surface area contributed by atoms with E-state index in [4.69, 9.17) is 5.73 Å². The fourth-order valence-corrected chi connectivity index (χ4v) is 2.05. The second-order valence-electron chi connectivity index (χ2n) is 3.51. The number of nitrogens with two attached hydrogens (primary N) is 1. The molecule has 0 bridgehead atoms. The molecule has 0 aromatic carbocycles. The first-order chi connectivity index (χ1) is 6.65. The number of nitrogens with zero attached hydrogens (tertiary/aromatic N) is 2. The van der Waals surface area contributed by atoms with Crippen molar-refractivity contribution < 1.29 is 0 Å². The lowest BCUT2D eigenvalue weighted by Crippen LogP contribution is -2.00. The Labute approximate surface area is 89.5 Å². The number of hydrogen-bond acceptors (Lipinski definition) is 4. The average Bonchev–Trinajstić information content (AvgIpc) is 2.20. The van der Waals surface area contributed by atoms with E-state index < -0.39 is 0 Å². The molecule has 3 nitrogen and oxygen atoms in total. The third kappa shape index (κ3) is 2.87. The summed E-state index contributed by atoms with van der Waals surface area (Å²) in [5.74, 6) is 2.40. The van der Waals surface area contributed by atoms with Crippen molar-refractivity contribution in [3.63, 3.8) is 0 Å². The maximum absolute atomic E-state index is 5.70. The number of aromatic nitrogens is 2. The Morgan fingerprint density at radius 2 is 2.21 bits per heavy atom. The molecule has 0 aliphatic rings. The zero-order chi connectivity index (χ0) is 10.6. The van der Waals surface area contributed by atoms with Gasteiger partial charge in [-0.25, -0.2) is 9.97 Å². The Kier molecular flexibility index (Phi) is 4.20. The van der Waals surface area contributed by atoms with E-state index in [-0.39, 0.29) is 0 Å². The smallest absolute Gasteiger partial charge is 0.130 e. The largest absolute Gasteiger partial charge is 0.383 e. The van der Waals surface area contributed by atoms with Gasteiger partial charge >= 0.3 is 0 Å². The van der Waals surface area contributed by atoms with E-state index in [9.17, 15) is 0 Å². The monoisotopic (exact) mass is 211 g/mol. The minimum atomic E-state index is 0.589. The van der Waals surface area contributed by atoms with Gasteiger partial charge in [-0.3, -0.25) is 0 Å². The standard InChI is InChI=1S/C10H17N3S/c1-4-7(2)5-14-10-8(3)9(11)12-6-13-10/h6-7H,4-5H2,1-3H3,(H2,11,12,13). The molecule has 0 spiro atoms. The quantitative estimate of drug-likeness (QED) is 0.614. The molecular formula is C10H17N3S. The van der Waals surface area contributed by atoms with E-state index in [2.05, 4.69) is 23.8 Å². The van der Waals surface area contributed by atoms with Crippen LogP contribution in [-0.2, 0) is 0 Å². The van der Waals surface area contributed by atoms with Crippen molar-refractivity contribution in [2.75, 3.05) is 11.5 Å². The Morgan fingerprint density at radius 1 is 1.50 bits per heavy atom. The van der Waals surface area contributed by atoms with Crippen molar-refractivity contribution >= 4 is 17.6 Å². The zero-order valence-electron chi connectivity index (χ0n) is 8.95. The highest BCUT2D eigenvalue weighted by Gasteiger charge is 2.06. The van der Waals surface area contributed by atoms with Crippen LogP contribution in [-0.4, -0.2) is 15.7 Å². The summed E-state index contributed by atoms with van der Waals surface area (Å²) in [6, 6.07) is 0. The molecule has 2 N–H and O–H groups in total. The van der Waals surface area contributed by atoms with Gasteiger partial charge in [0, 0.05) is 11.3 Å². The summed E-state index contributed by atoms with van der Waals surface area (Å²) in [4.78, 5) is 8.16. The second kappa shape index (κ2) is 5.20. The molecule has 0 radical (unpaired) electrons. The van der Waals surface area contributed by atoms with Gasteiger partial charge in [0.1, 0.15) is 17.2 Å². The summed E-state index contributed by atoms with van der Waals surface area (Å²) in [7, 11) is 0. The maximum atomic E-state index is 5.70. The van der Waals surface area contributed by atoms with Gasteiger partial charge in [-0.05, 0) is 12.8 Å². The molecular weight excluding hydrogens is 194 g/mol. The van der Waals surface area contributed by atoms with Crippen molar-refractivity contribution in [3.8, 4) is 0 Å². The van der Waals surface area contributed by atoms with Crippen LogP contribution in [0.2, 0.25) is 0 Å². The third-order valence-electron chi connectivity index (χ3n) is 2.28. The molecule has 0 aliphatic heterocycles. The van der Waals surface area contributed by atoms with Gasteiger partial charge in [-0.1, -0.05) is 20.3 Å². The predicted octanol–water partition coefficient (Wildman–Crippen LogP) is 2.51. The molecule has 1 heterocycles. The third-order valence-corrected chi connectivity index (χ3v) is 3.70. The van der Waals surface area contributed by atoms with E-state index >= 15 is 0 Å². The first-order valence-corrected chi connectivity index (χ1v) is 5.83. The van der Waals surface area contributed by atoms with Gasteiger partial charge in [0.15, 0.2) is 0 Å². The normalized spacial score (nSPS) is 12.8. The predicted molar refractivity (Wildman–Crippen MR) is 61.4 cm³/mol. The minimum Gasteiger partial charge on any atom is -0.383 e. The van der Waals surface area contributed by atoms with Crippen LogP contribution >= 0.6 is 11.8 Å². The highest BCUT2D eigenvalue weighted by molar-refractivity contribution is 7.99. The molecule has 1 unspecified atom stereocenters. The van der Waals surface area contributed by atoms with Crippen molar-refractivity contribution in [1.82, 2.24) is 9.97 Å². The Hall–Kier alpha value is -0.770. The van der Waals surface area contributed by atoms with E-state index in [1.165, 1.54) is 12.7 Å². The van der Waals surface area contributed by atoms with E-state index in [1.54, 1.807) is 11.8 Å². The number of hydrogen-bond donors (Lipinski definition) is 1. The topological polar surface area (TPSA) is 51.8 Å². The number of nitrogen functional groups attached to an aromatic ring is 1. The van der Waals surface area contributed by atoms with Crippen LogP contribution < -0.4 is 5.73 Å². The summed E-state index contributed by atoms with van der Waals surface area (Å²) >= 11 is 1.76. The lowest BCUT2D eigenvalue weighted by molar-refractivity contribution is 0.636. The fraction of sp³-hybridized carbons (Fsp3) is 0.600. The van der Waals surface area contributed by atoms with Crippen LogP contribution in [0.3, 0.4) is 0 Å². The average molecular weight is 211 g/mol. The zero-order valence-corrected chi connectivity index (χ0v) is 9.77. The van der Waals surface area contributed by atoms with Crippen molar-refractivity contribution in [2.24, 2.45) is 5.92 Å². The molecule has 1 atom stereocenters. The molecule has 1 aromatic heterocycles. The minimum absolute atomic E-state index is 0.589. The number of rotatable bonds is 4. The summed E-state index contributed by atoms with van der Waals surface area (Å²) in [5.41, 5.74) is 6.70. The van der Waals surface area contributed by atoms with Crippen LogP contribution in [0, 0.1) is 12.8 Å².